The molecule has 72 heavy (non-hydrogen) atoms. The molecule has 0 radical (unpaired) electrons. The number of nitrogens with zero attached hydrogens (tertiary/aromatic N) is 9. The average molecular weight is 1030 g/mol. The number of hydrogen-bond acceptors (Lipinski definition) is 13. The maximum Gasteiger partial charge on any atom is 0.248 e. The van der Waals surface area contributed by atoms with Crippen LogP contribution in [0.4, 0.5) is 0 Å². The lowest BCUT2D eigenvalue weighted by molar-refractivity contribution is -0.142. The summed E-state index contributed by atoms with van der Waals surface area (Å²) in [4.78, 5) is 59.8. The summed E-state index contributed by atoms with van der Waals surface area (Å²) in [6, 6.07) is 16.8. The standard InChI is InChI=1S/C53H56ClN11O5S2/c1-27(2)48(52(69)63-25-40(66)20-43(63)51(68)58-29(4)33-8-10-35(11-9-33)49-30(5)56-26-71-49)64-24-37(23-57-64)36-14-17-45(55-22-36)70-41-18-39(19-41)59-44(67)21-42-50-62-61-32(7)65(50)53-46(28(3)31(6)72-53)47(60-42)34-12-15-38(54)16-13-34/h8-17,22-24,26-27,29,39-43,48,66H,18-21,25H2,1-7H3,(H,58,68)(H,59,67)/t29-,39-,40+,41-,42-,43-,48+/m0/s1. The number of pyridine rings is 1. The van der Waals surface area contributed by atoms with Crippen molar-refractivity contribution in [3.63, 3.8) is 0 Å². The molecule has 2 fully saturated rings. The molecule has 372 valence electrons. The Morgan fingerprint density at radius 1 is 0.889 bits per heavy atom. The second-order valence-electron chi connectivity index (χ2n) is 19.4. The highest BCUT2D eigenvalue weighted by Gasteiger charge is 2.43. The van der Waals surface area contributed by atoms with Crippen LogP contribution < -0.4 is 15.4 Å². The van der Waals surface area contributed by atoms with Crippen LogP contribution in [0.2, 0.25) is 5.02 Å². The van der Waals surface area contributed by atoms with Crippen molar-refractivity contribution in [1.29, 1.82) is 0 Å². The highest BCUT2D eigenvalue weighted by molar-refractivity contribution is 7.15. The number of nitrogens with one attached hydrogen (secondary N) is 2. The highest BCUT2D eigenvalue weighted by atomic mass is 35.5. The van der Waals surface area contributed by atoms with Crippen LogP contribution in [0.25, 0.3) is 26.6 Å². The molecule has 5 atom stereocenters. The minimum Gasteiger partial charge on any atom is -0.474 e. The summed E-state index contributed by atoms with van der Waals surface area (Å²) in [7, 11) is 0. The number of fused-ring (bicyclic) bond motifs is 3. The summed E-state index contributed by atoms with van der Waals surface area (Å²) in [6.45, 7) is 13.9. The average Bonchev–Trinajstić information content (AvgIpc) is 4.19. The van der Waals surface area contributed by atoms with Crippen molar-refractivity contribution in [3.8, 4) is 32.4 Å². The van der Waals surface area contributed by atoms with Crippen molar-refractivity contribution in [2.75, 3.05) is 6.54 Å². The number of β-amino-alcohol motifs (C(OH)–C–C–N with tert-alkyl or cyclic N) is 1. The maximum atomic E-state index is 14.4. The van der Waals surface area contributed by atoms with Gasteiger partial charge in [-0.25, -0.2) is 9.97 Å². The van der Waals surface area contributed by atoms with Gasteiger partial charge in [-0.15, -0.1) is 32.9 Å². The first-order valence-corrected chi connectivity index (χ1v) is 26.3. The second kappa shape index (κ2) is 20.1. The van der Waals surface area contributed by atoms with Gasteiger partial charge in [0.2, 0.25) is 23.6 Å². The third-order valence-corrected chi connectivity index (χ3v) is 16.4. The van der Waals surface area contributed by atoms with Gasteiger partial charge in [0.25, 0.3) is 0 Å². The number of aliphatic hydroxyl groups is 1. The second-order valence-corrected chi connectivity index (χ2v) is 21.9. The fourth-order valence-electron chi connectivity index (χ4n) is 9.88. The number of halogens is 1. The summed E-state index contributed by atoms with van der Waals surface area (Å²) < 4.78 is 9.90. The molecule has 1 saturated heterocycles. The number of carbonyl (C=O) groups excluding carboxylic acids is 3. The zero-order valence-electron chi connectivity index (χ0n) is 41.0. The van der Waals surface area contributed by atoms with Crippen LogP contribution in [0.3, 0.4) is 0 Å². The topological polar surface area (TPSA) is 195 Å². The number of benzene rings is 2. The van der Waals surface area contributed by atoms with Crippen LogP contribution in [-0.4, -0.2) is 98.8 Å². The van der Waals surface area contributed by atoms with E-state index in [0.29, 0.717) is 29.6 Å². The summed E-state index contributed by atoms with van der Waals surface area (Å²) in [5, 5.41) is 32.2. The van der Waals surface area contributed by atoms with Gasteiger partial charge in [-0.1, -0.05) is 61.8 Å². The van der Waals surface area contributed by atoms with E-state index in [1.807, 2.05) is 105 Å². The minimum atomic E-state index is -0.835. The molecule has 16 nitrogen and oxygen atoms in total. The summed E-state index contributed by atoms with van der Waals surface area (Å²) in [5.74, 6) is 0.911. The molecular formula is C53H56ClN11O5S2. The Morgan fingerprint density at radius 3 is 2.32 bits per heavy atom. The first-order valence-electron chi connectivity index (χ1n) is 24.2. The summed E-state index contributed by atoms with van der Waals surface area (Å²) in [6.07, 6.45) is 5.74. The number of carbonyl (C=O) groups is 3. The molecule has 3 N–H and O–H groups in total. The Bertz CT molecular complexity index is 3170. The molecule has 5 aromatic heterocycles. The van der Waals surface area contributed by atoms with E-state index in [4.69, 9.17) is 21.3 Å². The fourth-order valence-corrected chi connectivity index (χ4v) is 12.0. The van der Waals surface area contributed by atoms with Gasteiger partial charge in [0.15, 0.2) is 5.82 Å². The number of aliphatic imine (C=N–C) groups is 1. The van der Waals surface area contributed by atoms with E-state index >= 15 is 0 Å². The quantitative estimate of drug-likeness (QED) is 0.0949. The van der Waals surface area contributed by atoms with Crippen LogP contribution in [0.5, 0.6) is 5.88 Å². The van der Waals surface area contributed by atoms with Gasteiger partial charge < -0.3 is 25.4 Å². The van der Waals surface area contributed by atoms with Gasteiger partial charge in [0.05, 0.1) is 46.6 Å². The third kappa shape index (κ3) is 9.72. The van der Waals surface area contributed by atoms with Crippen molar-refractivity contribution >= 4 is 57.7 Å². The lowest BCUT2D eigenvalue weighted by atomic mass is 9.89. The number of hydrogen-bond donors (Lipinski definition) is 3. The molecule has 1 saturated carbocycles. The van der Waals surface area contributed by atoms with Crippen molar-refractivity contribution in [3.05, 3.63) is 134 Å². The van der Waals surface area contributed by atoms with Crippen LogP contribution in [0.1, 0.15) is 109 Å². The number of aryl methyl sites for hydroxylation is 3. The van der Waals surface area contributed by atoms with E-state index in [1.165, 1.54) is 9.78 Å². The van der Waals surface area contributed by atoms with Crippen LogP contribution in [0.15, 0.2) is 89.8 Å². The van der Waals surface area contributed by atoms with Crippen LogP contribution in [-0.2, 0) is 14.4 Å². The molecule has 0 bridgehead atoms. The van der Waals surface area contributed by atoms with Crippen molar-refractivity contribution < 1.29 is 24.2 Å². The Labute approximate surface area is 430 Å². The molecule has 19 heteroatoms. The van der Waals surface area contributed by atoms with Gasteiger partial charge in [0, 0.05) is 82.5 Å². The predicted molar refractivity (Wildman–Crippen MR) is 278 cm³/mol. The molecule has 0 spiro atoms. The summed E-state index contributed by atoms with van der Waals surface area (Å²) >= 11 is 9.53. The number of thiazole rings is 1. The lowest BCUT2D eigenvalue weighted by Gasteiger charge is -2.35. The van der Waals surface area contributed by atoms with Crippen molar-refractivity contribution in [1.82, 2.24) is 50.0 Å². The number of amides is 3. The number of rotatable bonds is 14. The monoisotopic (exact) mass is 1030 g/mol. The molecule has 7 heterocycles. The van der Waals surface area contributed by atoms with Gasteiger partial charge in [0.1, 0.15) is 35.1 Å². The molecule has 1 aliphatic carbocycles. The van der Waals surface area contributed by atoms with Gasteiger partial charge in [-0.05, 0) is 75.4 Å². The molecule has 3 aliphatic rings. The normalized spacial score (nSPS) is 20.2. The molecule has 2 aliphatic heterocycles. The van der Waals surface area contributed by atoms with E-state index in [0.717, 1.165) is 66.1 Å². The number of aromatic nitrogens is 7. The van der Waals surface area contributed by atoms with E-state index in [9.17, 15) is 19.5 Å². The lowest BCUT2D eigenvalue weighted by Crippen LogP contribution is -2.49. The number of ether oxygens (including phenoxy) is 1. The van der Waals surface area contributed by atoms with Gasteiger partial charge >= 0.3 is 0 Å². The first kappa shape index (κ1) is 49.0. The molecule has 0 unspecified atom stereocenters. The molecule has 7 aromatic rings. The third-order valence-electron chi connectivity index (χ3n) is 14.0. The fraction of sp³-hybridized carbons (Fsp3) is 0.377. The van der Waals surface area contributed by atoms with Crippen LogP contribution in [0, 0.1) is 33.6 Å². The van der Waals surface area contributed by atoms with Gasteiger partial charge in [-0.3, -0.25) is 28.6 Å². The highest BCUT2D eigenvalue weighted by Crippen LogP contribution is 2.40. The number of aliphatic hydroxyl groups excluding tert-OH is 1. The smallest absolute Gasteiger partial charge is 0.248 e. The molecule has 3 amide bonds. The van der Waals surface area contributed by atoms with Gasteiger partial charge in [-0.2, -0.15) is 5.10 Å². The zero-order chi connectivity index (χ0) is 50.5. The Morgan fingerprint density at radius 2 is 1.62 bits per heavy atom. The Kier molecular flexibility index (Phi) is 13.7. The number of thiophene rings is 1. The Hall–Kier alpha value is -6.60. The van der Waals surface area contributed by atoms with E-state index in [-0.39, 0.29) is 61.2 Å². The number of likely N-dealkylation sites (tertiary alicyclic amines) is 1. The van der Waals surface area contributed by atoms with Crippen molar-refractivity contribution in [2.45, 2.75) is 117 Å². The van der Waals surface area contributed by atoms with Crippen LogP contribution >= 0.6 is 34.3 Å². The van der Waals surface area contributed by atoms with E-state index < -0.39 is 24.2 Å². The largest absolute Gasteiger partial charge is 0.474 e. The molecule has 2 aromatic carbocycles. The maximum absolute atomic E-state index is 14.4. The summed E-state index contributed by atoms with van der Waals surface area (Å²) in [5.41, 5.74) is 10.2. The molecular weight excluding hydrogens is 970 g/mol. The predicted octanol–water partition coefficient (Wildman–Crippen LogP) is 8.64. The van der Waals surface area contributed by atoms with Crippen molar-refractivity contribution in [2.24, 2.45) is 10.9 Å². The van der Waals surface area contributed by atoms with E-state index in [1.54, 1.807) is 45.8 Å². The first-order chi connectivity index (χ1) is 34.6. The Balaban J connectivity index is 0.743. The zero-order valence-corrected chi connectivity index (χ0v) is 43.4. The SMILES string of the molecule is Cc1ncsc1-c1ccc([C@H](C)NC(=O)[C@@H]2C[C@@H](O)CN2C(=O)[C@@H](C(C)C)n2cc(-c3ccc(O[C@H]4C[C@H](NC(=O)C[C@@H]5N=C(c6ccc(Cl)cc6)c6c(sc(C)c6C)-n6c(C)nnc65)C4)nc3)cn2)cc1. The van der Waals surface area contributed by atoms with E-state index in [2.05, 4.69) is 49.7 Å². The molecule has 10 rings (SSSR count). The minimum absolute atomic E-state index is 0.0497.